The van der Waals surface area contributed by atoms with Gasteiger partial charge in [-0.15, -0.1) is 5.92 Å². The molecular weight excluding hydrogens is 480 g/mol. The molecule has 0 bridgehead atoms. The summed E-state index contributed by atoms with van der Waals surface area (Å²) in [6, 6.07) is 27.4. The molecular formula is C40H46. The highest BCUT2D eigenvalue weighted by molar-refractivity contribution is 5.87. The summed E-state index contributed by atoms with van der Waals surface area (Å²) >= 11 is 0. The zero-order valence-corrected chi connectivity index (χ0v) is 25.5. The van der Waals surface area contributed by atoms with Crippen LogP contribution in [-0.4, -0.2) is 0 Å². The molecule has 0 amide bonds. The van der Waals surface area contributed by atoms with E-state index in [2.05, 4.69) is 124 Å². The van der Waals surface area contributed by atoms with Gasteiger partial charge in [0, 0.05) is 5.56 Å². The van der Waals surface area contributed by atoms with Gasteiger partial charge in [-0.1, -0.05) is 162 Å². The molecule has 1 aliphatic carbocycles. The highest BCUT2D eigenvalue weighted by Gasteiger charge is 2.46. The van der Waals surface area contributed by atoms with E-state index in [1.54, 1.807) is 0 Å². The van der Waals surface area contributed by atoms with Crippen LogP contribution in [0.4, 0.5) is 0 Å². The van der Waals surface area contributed by atoms with Crippen LogP contribution in [0.5, 0.6) is 0 Å². The first-order valence-electron chi connectivity index (χ1n) is 14.3. The lowest BCUT2D eigenvalue weighted by atomic mass is 9.66. The third kappa shape index (κ3) is 7.62. The fourth-order valence-corrected chi connectivity index (χ4v) is 4.91. The van der Waals surface area contributed by atoms with Gasteiger partial charge in [-0.2, -0.15) is 0 Å². The first-order valence-corrected chi connectivity index (χ1v) is 14.3. The molecule has 1 aliphatic rings. The van der Waals surface area contributed by atoms with E-state index in [1.807, 2.05) is 77.1 Å². The van der Waals surface area contributed by atoms with Gasteiger partial charge in [0.1, 0.15) is 0 Å². The molecule has 0 atom stereocenters. The van der Waals surface area contributed by atoms with Crippen LogP contribution in [0.1, 0.15) is 65.2 Å². The predicted octanol–water partition coefficient (Wildman–Crippen LogP) is 11.4. The number of fused-ring (bicyclic) bond motifs is 3. The van der Waals surface area contributed by atoms with E-state index in [1.165, 1.54) is 33.4 Å². The zero-order chi connectivity index (χ0) is 29.8. The quantitative estimate of drug-likeness (QED) is 0.221. The molecule has 0 saturated carbocycles. The standard InChI is InChI=1S/C27H26.C9H8.2C2H6/c1-5-13-21(14-6-2)27(22(15-7-3)16-8-4)25-19-11-9-17-23(25)24-18-10-12-20-26(24)27;1-2-6-9-7-4-3-5-8-9;2*1-2/h5-20H,1,3H2,2,4H3;3-5,7-8H,1H3;2*1-2H3/b14-6-,16-8-,21-13+,22-15+;;;. The Hall–Kier alpha value is -4.34. The van der Waals surface area contributed by atoms with Gasteiger partial charge in [-0.05, 0) is 66.3 Å². The maximum absolute atomic E-state index is 3.98. The minimum Gasteiger partial charge on any atom is -0.101 e. The topological polar surface area (TPSA) is 0 Å². The molecule has 3 aromatic rings. The molecule has 0 unspecified atom stereocenters. The van der Waals surface area contributed by atoms with Crippen molar-refractivity contribution in [1.82, 2.24) is 0 Å². The lowest BCUT2D eigenvalue weighted by molar-refractivity contribution is 0.765. The predicted molar refractivity (Wildman–Crippen MR) is 181 cm³/mol. The number of hydrogen-bond donors (Lipinski definition) is 0. The van der Waals surface area contributed by atoms with Gasteiger partial charge < -0.3 is 0 Å². The number of rotatable bonds is 6. The Balaban J connectivity index is 0.000000515. The third-order valence-electron chi connectivity index (χ3n) is 6.15. The highest BCUT2D eigenvalue weighted by atomic mass is 14.5. The Morgan fingerprint density at radius 2 is 1.02 bits per heavy atom. The number of hydrogen-bond acceptors (Lipinski definition) is 0. The molecule has 0 heteroatoms. The summed E-state index contributed by atoms with van der Waals surface area (Å²) in [5.74, 6) is 5.79. The smallest absolute Gasteiger partial charge is 0.0713 e. The monoisotopic (exact) mass is 526 g/mol. The van der Waals surface area contributed by atoms with Crippen LogP contribution in [0, 0.1) is 11.8 Å². The Labute approximate surface area is 244 Å². The minimum absolute atomic E-state index is 0.394. The average Bonchev–Trinajstić information content (AvgIpc) is 3.31. The largest absolute Gasteiger partial charge is 0.101 e. The number of allylic oxidation sites excluding steroid dienone is 10. The average molecular weight is 527 g/mol. The Morgan fingerprint density at radius 1 is 0.625 bits per heavy atom. The summed E-state index contributed by atoms with van der Waals surface area (Å²) in [6.07, 6.45) is 16.6. The van der Waals surface area contributed by atoms with Gasteiger partial charge in [-0.3, -0.25) is 0 Å². The molecule has 0 heterocycles. The first-order chi connectivity index (χ1) is 19.7. The molecule has 0 saturated heterocycles. The molecule has 206 valence electrons. The van der Waals surface area contributed by atoms with Gasteiger partial charge in [0.2, 0.25) is 0 Å². The van der Waals surface area contributed by atoms with E-state index in [9.17, 15) is 0 Å². The van der Waals surface area contributed by atoms with Crippen molar-refractivity contribution in [3.8, 4) is 23.0 Å². The second-order valence-electron chi connectivity index (χ2n) is 8.30. The Kier molecular flexibility index (Phi) is 15.9. The van der Waals surface area contributed by atoms with E-state index in [0.717, 1.165) is 5.56 Å². The van der Waals surface area contributed by atoms with Crippen LogP contribution < -0.4 is 0 Å². The summed E-state index contributed by atoms with van der Waals surface area (Å²) in [4.78, 5) is 0. The molecule has 3 aromatic carbocycles. The lowest BCUT2D eigenvalue weighted by Crippen LogP contribution is -2.29. The van der Waals surface area contributed by atoms with Gasteiger partial charge in [-0.25, -0.2) is 0 Å². The Bertz CT molecular complexity index is 1300. The van der Waals surface area contributed by atoms with Crippen LogP contribution in [-0.2, 0) is 5.41 Å². The van der Waals surface area contributed by atoms with Crippen molar-refractivity contribution >= 4 is 0 Å². The summed E-state index contributed by atoms with van der Waals surface area (Å²) in [6.45, 7) is 21.9. The van der Waals surface area contributed by atoms with Crippen molar-refractivity contribution in [2.24, 2.45) is 0 Å². The van der Waals surface area contributed by atoms with Gasteiger partial charge in [0.15, 0.2) is 0 Å². The van der Waals surface area contributed by atoms with Gasteiger partial charge in [0.25, 0.3) is 0 Å². The van der Waals surface area contributed by atoms with Crippen molar-refractivity contribution in [1.29, 1.82) is 0 Å². The molecule has 0 nitrogen and oxygen atoms in total. The summed E-state index contributed by atoms with van der Waals surface area (Å²) in [5, 5.41) is 0. The highest BCUT2D eigenvalue weighted by Crippen LogP contribution is 2.57. The second-order valence-corrected chi connectivity index (χ2v) is 8.30. The fraction of sp³-hybridized carbons (Fsp3) is 0.200. The summed E-state index contributed by atoms with van der Waals surface area (Å²) in [5.41, 5.74) is 8.24. The van der Waals surface area contributed by atoms with E-state index in [-0.39, 0.29) is 0 Å². The van der Waals surface area contributed by atoms with Crippen LogP contribution in [0.15, 0.2) is 152 Å². The summed E-state index contributed by atoms with van der Waals surface area (Å²) < 4.78 is 0. The molecule has 0 fully saturated rings. The van der Waals surface area contributed by atoms with E-state index >= 15 is 0 Å². The third-order valence-corrected chi connectivity index (χ3v) is 6.15. The molecule has 40 heavy (non-hydrogen) atoms. The minimum atomic E-state index is -0.394. The van der Waals surface area contributed by atoms with Gasteiger partial charge in [0.05, 0.1) is 5.41 Å². The lowest BCUT2D eigenvalue weighted by Gasteiger charge is -2.35. The molecule has 0 aliphatic heterocycles. The van der Waals surface area contributed by atoms with Crippen LogP contribution >= 0.6 is 0 Å². The molecule has 0 radical (unpaired) electrons. The maximum atomic E-state index is 3.98. The van der Waals surface area contributed by atoms with E-state index < -0.39 is 5.41 Å². The van der Waals surface area contributed by atoms with Crippen molar-refractivity contribution in [3.05, 3.63) is 168 Å². The summed E-state index contributed by atoms with van der Waals surface area (Å²) in [7, 11) is 0. The van der Waals surface area contributed by atoms with Gasteiger partial charge >= 0.3 is 0 Å². The maximum Gasteiger partial charge on any atom is 0.0713 e. The van der Waals surface area contributed by atoms with Crippen molar-refractivity contribution in [3.63, 3.8) is 0 Å². The van der Waals surface area contributed by atoms with E-state index in [0.29, 0.717) is 0 Å². The first kappa shape index (κ1) is 33.7. The molecule has 0 spiro atoms. The number of benzene rings is 3. The van der Waals surface area contributed by atoms with Crippen LogP contribution in [0.2, 0.25) is 0 Å². The normalized spacial score (nSPS) is 12.7. The second kappa shape index (κ2) is 18.8. The van der Waals surface area contributed by atoms with Crippen LogP contribution in [0.25, 0.3) is 11.1 Å². The van der Waals surface area contributed by atoms with Crippen molar-refractivity contribution in [2.75, 3.05) is 0 Å². The van der Waals surface area contributed by atoms with E-state index in [4.69, 9.17) is 0 Å². The fourth-order valence-electron chi connectivity index (χ4n) is 4.91. The molecule has 0 N–H and O–H groups in total. The molecule has 0 aromatic heterocycles. The molecule has 4 rings (SSSR count). The van der Waals surface area contributed by atoms with Crippen LogP contribution in [0.3, 0.4) is 0 Å². The Morgan fingerprint density at radius 3 is 1.40 bits per heavy atom. The van der Waals surface area contributed by atoms with Crippen molar-refractivity contribution in [2.45, 2.75) is 53.9 Å². The van der Waals surface area contributed by atoms with Crippen molar-refractivity contribution < 1.29 is 0 Å². The SMILES string of the molecule is C=C/C=C(\C=C/C)C1(C(/C=C\C)=C/C=C)c2ccccc2-c2ccccc21.CC.CC.CC#Cc1ccccc1. The zero-order valence-electron chi connectivity index (χ0n) is 25.5.